The van der Waals surface area contributed by atoms with Crippen LogP contribution < -0.4 is 5.14 Å². The normalized spacial score (nSPS) is 11.5. The zero-order valence-electron chi connectivity index (χ0n) is 14.8. The number of rotatable bonds is 5. The summed E-state index contributed by atoms with van der Waals surface area (Å²) in [5, 5.41) is 17.0. The van der Waals surface area contributed by atoms with Gasteiger partial charge in [0, 0.05) is 13.6 Å². The molecule has 0 unspecified atom stereocenters. The zero-order chi connectivity index (χ0) is 19.6. The highest BCUT2D eigenvalue weighted by Crippen LogP contribution is 2.26. The molecule has 3 N–H and O–H groups in total. The summed E-state index contributed by atoms with van der Waals surface area (Å²) in [4.78, 5) is 14.2. The van der Waals surface area contributed by atoms with Gasteiger partial charge in [0.1, 0.15) is 5.75 Å². The van der Waals surface area contributed by atoms with Gasteiger partial charge in [0.2, 0.25) is 10.0 Å². The molecule has 0 aliphatic carbocycles. The summed E-state index contributed by atoms with van der Waals surface area (Å²) in [6, 6.07) is 17.6. The summed E-state index contributed by atoms with van der Waals surface area (Å²) in [7, 11) is -1.99. The highest BCUT2D eigenvalue weighted by atomic mass is 32.2. The van der Waals surface area contributed by atoms with Crippen molar-refractivity contribution in [2.75, 3.05) is 7.05 Å². The Hall–Kier alpha value is -2.90. The summed E-state index contributed by atoms with van der Waals surface area (Å²) >= 11 is 0. The second-order valence-corrected chi connectivity index (χ2v) is 8.12. The summed E-state index contributed by atoms with van der Waals surface area (Å²) < 4.78 is 22.5. The first kappa shape index (κ1) is 18.9. The van der Waals surface area contributed by atoms with Crippen LogP contribution in [0.25, 0.3) is 10.8 Å². The van der Waals surface area contributed by atoms with Crippen LogP contribution in [0.3, 0.4) is 0 Å². The molecule has 0 fully saturated rings. The van der Waals surface area contributed by atoms with Crippen molar-refractivity contribution in [3.63, 3.8) is 0 Å². The molecule has 0 aromatic heterocycles. The van der Waals surface area contributed by atoms with Crippen molar-refractivity contribution in [2.45, 2.75) is 12.3 Å². The van der Waals surface area contributed by atoms with Gasteiger partial charge in [0.25, 0.3) is 5.91 Å². The second kappa shape index (κ2) is 7.38. The number of sulfonamides is 1. The van der Waals surface area contributed by atoms with E-state index in [4.69, 9.17) is 5.14 Å². The fourth-order valence-electron chi connectivity index (χ4n) is 3.00. The van der Waals surface area contributed by atoms with Gasteiger partial charge < -0.3 is 10.0 Å². The first-order chi connectivity index (χ1) is 12.7. The van der Waals surface area contributed by atoms with Gasteiger partial charge >= 0.3 is 0 Å². The molecular formula is C20H20N2O4S. The Morgan fingerprint density at radius 1 is 1.00 bits per heavy atom. The van der Waals surface area contributed by atoms with Crippen LogP contribution in [0, 0.1) is 0 Å². The number of phenols is 1. The molecule has 6 nitrogen and oxygen atoms in total. The Bertz CT molecular complexity index is 1110. The van der Waals surface area contributed by atoms with Crippen LogP contribution in [0.1, 0.15) is 21.5 Å². The minimum atomic E-state index is -3.62. The molecule has 3 aromatic rings. The van der Waals surface area contributed by atoms with Crippen LogP contribution in [-0.2, 0) is 22.3 Å². The molecule has 0 aliphatic heterocycles. The topological polar surface area (TPSA) is 101 Å². The molecule has 140 valence electrons. The molecule has 7 heteroatoms. The number of nitrogens with two attached hydrogens (primary N) is 1. The number of primary sulfonamides is 1. The third kappa shape index (κ3) is 4.64. The van der Waals surface area contributed by atoms with Crippen LogP contribution in [0.2, 0.25) is 0 Å². The Morgan fingerprint density at radius 2 is 1.63 bits per heavy atom. The quantitative estimate of drug-likeness (QED) is 0.706. The maximum absolute atomic E-state index is 12.8. The van der Waals surface area contributed by atoms with Crippen LogP contribution in [0.15, 0.2) is 60.7 Å². The molecule has 0 saturated carbocycles. The Balaban J connectivity index is 1.82. The van der Waals surface area contributed by atoms with Gasteiger partial charge in [-0.05, 0) is 34.0 Å². The molecule has 0 aliphatic rings. The molecule has 0 heterocycles. The number of nitrogens with zero attached hydrogens (tertiary/aromatic N) is 1. The van der Waals surface area contributed by atoms with E-state index in [1.165, 1.54) is 4.90 Å². The van der Waals surface area contributed by atoms with E-state index in [1.54, 1.807) is 43.4 Å². The van der Waals surface area contributed by atoms with Gasteiger partial charge in [0.15, 0.2) is 0 Å². The molecule has 3 rings (SSSR count). The minimum absolute atomic E-state index is 0.0754. The number of fused-ring (bicyclic) bond motifs is 1. The maximum Gasteiger partial charge on any atom is 0.257 e. The first-order valence-electron chi connectivity index (χ1n) is 8.28. The van der Waals surface area contributed by atoms with E-state index < -0.39 is 10.0 Å². The highest BCUT2D eigenvalue weighted by Gasteiger charge is 2.17. The zero-order valence-corrected chi connectivity index (χ0v) is 15.6. The second-order valence-electron chi connectivity index (χ2n) is 6.50. The molecule has 0 spiro atoms. The van der Waals surface area contributed by atoms with Crippen molar-refractivity contribution in [3.05, 3.63) is 77.4 Å². The largest absolute Gasteiger partial charge is 0.507 e. The number of aromatic hydroxyl groups is 1. The van der Waals surface area contributed by atoms with E-state index in [2.05, 4.69) is 0 Å². The molecular weight excluding hydrogens is 364 g/mol. The van der Waals surface area contributed by atoms with Gasteiger partial charge in [-0.25, -0.2) is 13.6 Å². The van der Waals surface area contributed by atoms with E-state index in [-0.39, 0.29) is 29.5 Å². The van der Waals surface area contributed by atoms with Crippen molar-refractivity contribution in [1.29, 1.82) is 0 Å². The molecule has 1 amide bonds. The molecule has 0 saturated heterocycles. The fraction of sp³-hybridized carbons (Fsp3) is 0.150. The van der Waals surface area contributed by atoms with Crippen LogP contribution >= 0.6 is 0 Å². The molecule has 0 bridgehead atoms. The third-order valence-corrected chi connectivity index (χ3v) is 4.96. The Labute approximate surface area is 157 Å². The standard InChI is InChI=1S/C20H20N2O4S/c1-22(12-14-5-4-6-15(9-14)13-27(21,25)26)20(24)18-10-16-7-2-3-8-17(16)11-19(18)23/h2-11,23H,12-13H2,1H3,(H2,21,25,26). The van der Waals surface area contributed by atoms with Crippen molar-refractivity contribution < 1.29 is 18.3 Å². The van der Waals surface area contributed by atoms with Crippen molar-refractivity contribution in [3.8, 4) is 5.75 Å². The Kier molecular flexibility index (Phi) is 5.16. The highest BCUT2D eigenvalue weighted by molar-refractivity contribution is 7.88. The minimum Gasteiger partial charge on any atom is -0.507 e. The number of carbonyl (C=O) groups is 1. The van der Waals surface area contributed by atoms with Crippen LogP contribution in [0.5, 0.6) is 5.75 Å². The SMILES string of the molecule is CN(Cc1cccc(CS(N)(=O)=O)c1)C(=O)c1cc2ccccc2cc1O. The molecule has 0 radical (unpaired) electrons. The molecule has 0 atom stereocenters. The van der Waals surface area contributed by atoms with Crippen molar-refractivity contribution in [1.82, 2.24) is 4.90 Å². The van der Waals surface area contributed by atoms with Gasteiger partial charge in [-0.15, -0.1) is 0 Å². The summed E-state index contributed by atoms with van der Waals surface area (Å²) in [6.45, 7) is 0.267. The number of carbonyl (C=O) groups excluding carboxylic acids is 1. The van der Waals surface area contributed by atoms with Crippen molar-refractivity contribution >= 4 is 26.7 Å². The van der Waals surface area contributed by atoms with E-state index in [0.717, 1.165) is 16.3 Å². The number of benzene rings is 3. The third-order valence-electron chi connectivity index (χ3n) is 4.22. The number of hydrogen-bond acceptors (Lipinski definition) is 4. The lowest BCUT2D eigenvalue weighted by Gasteiger charge is -2.19. The number of amides is 1. The van der Waals surface area contributed by atoms with Crippen LogP contribution in [-0.4, -0.2) is 31.4 Å². The van der Waals surface area contributed by atoms with Gasteiger partial charge in [-0.2, -0.15) is 0 Å². The van der Waals surface area contributed by atoms with Gasteiger partial charge in [0.05, 0.1) is 11.3 Å². The summed E-state index contributed by atoms with van der Waals surface area (Å²) in [5.74, 6) is -0.659. The van der Waals surface area contributed by atoms with Crippen molar-refractivity contribution in [2.24, 2.45) is 5.14 Å². The van der Waals surface area contributed by atoms with Gasteiger partial charge in [-0.3, -0.25) is 4.79 Å². The predicted octanol–water partition coefficient (Wildman–Crippen LogP) is 2.61. The van der Waals surface area contributed by atoms with E-state index in [9.17, 15) is 18.3 Å². The van der Waals surface area contributed by atoms with E-state index in [1.807, 2.05) is 24.3 Å². The fourth-order valence-corrected chi connectivity index (χ4v) is 3.65. The average molecular weight is 384 g/mol. The lowest BCUT2D eigenvalue weighted by Crippen LogP contribution is -2.26. The lowest BCUT2D eigenvalue weighted by molar-refractivity contribution is 0.0782. The summed E-state index contributed by atoms with van der Waals surface area (Å²) in [6.07, 6.45) is 0. The predicted molar refractivity (Wildman–Crippen MR) is 105 cm³/mol. The first-order valence-corrected chi connectivity index (χ1v) is 10.00. The average Bonchev–Trinajstić information content (AvgIpc) is 2.59. The molecule has 27 heavy (non-hydrogen) atoms. The van der Waals surface area contributed by atoms with E-state index >= 15 is 0 Å². The Morgan fingerprint density at radius 3 is 2.30 bits per heavy atom. The smallest absolute Gasteiger partial charge is 0.257 e. The molecule has 3 aromatic carbocycles. The monoisotopic (exact) mass is 384 g/mol. The number of phenolic OH excluding ortho intramolecular Hbond substituents is 1. The van der Waals surface area contributed by atoms with E-state index in [0.29, 0.717) is 5.56 Å². The van der Waals surface area contributed by atoms with Crippen LogP contribution in [0.4, 0.5) is 0 Å². The number of hydrogen-bond donors (Lipinski definition) is 2. The summed E-state index contributed by atoms with van der Waals surface area (Å²) in [5.41, 5.74) is 1.55. The van der Waals surface area contributed by atoms with Gasteiger partial charge in [-0.1, -0.05) is 48.5 Å². The maximum atomic E-state index is 12.8. The lowest BCUT2D eigenvalue weighted by atomic mass is 10.0.